The summed E-state index contributed by atoms with van der Waals surface area (Å²) in [5, 5.41) is 14.0. The third-order valence-electron chi connectivity index (χ3n) is 3.09. The van der Waals surface area contributed by atoms with Crippen LogP contribution < -0.4 is 10.1 Å². The van der Waals surface area contributed by atoms with Gasteiger partial charge in [-0.3, -0.25) is 0 Å². The summed E-state index contributed by atoms with van der Waals surface area (Å²) in [6.45, 7) is 9.60. The van der Waals surface area contributed by atoms with Gasteiger partial charge in [-0.15, -0.1) is 0 Å². The van der Waals surface area contributed by atoms with Crippen LogP contribution in [0.1, 0.15) is 46.1 Å². The number of ether oxygens (including phenoxy) is 1. The first-order chi connectivity index (χ1) is 8.97. The maximum Gasteiger partial charge on any atom is 0.125 e. The molecule has 3 heteroatoms. The highest BCUT2D eigenvalue weighted by molar-refractivity contribution is 5.37. The Morgan fingerprint density at radius 3 is 2.63 bits per heavy atom. The zero-order valence-electron chi connectivity index (χ0n) is 12.6. The number of hydrogen-bond acceptors (Lipinski definition) is 3. The van der Waals surface area contributed by atoms with E-state index in [2.05, 4.69) is 26.1 Å². The molecule has 1 rings (SSSR count). The van der Waals surface area contributed by atoms with Crippen molar-refractivity contribution in [3.05, 3.63) is 29.8 Å². The van der Waals surface area contributed by atoms with E-state index in [-0.39, 0.29) is 0 Å². The van der Waals surface area contributed by atoms with E-state index in [4.69, 9.17) is 4.74 Å². The Labute approximate surface area is 117 Å². The molecule has 19 heavy (non-hydrogen) atoms. The molecule has 0 heterocycles. The summed E-state index contributed by atoms with van der Waals surface area (Å²) in [5.41, 5.74) is 0.000625. The summed E-state index contributed by atoms with van der Waals surface area (Å²) in [6, 6.07) is 8.19. The fraction of sp³-hybridized carbons (Fsp3) is 0.625. The quantitative estimate of drug-likeness (QED) is 0.759. The van der Waals surface area contributed by atoms with E-state index >= 15 is 0 Å². The van der Waals surface area contributed by atoms with Gasteiger partial charge in [0.1, 0.15) is 5.75 Å². The number of nitrogens with one attached hydrogen (secondary N) is 1. The Balaban J connectivity index is 2.75. The van der Waals surface area contributed by atoms with Crippen molar-refractivity contribution in [3.8, 4) is 5.75 Å². The lowest BCUT2D eigenvalue weighted by molar-refractivity contribution is 0.0443. The third-order valence-corrected chi connectivity index (χ3v) is 3.09. The van der Waals surface area contributed by atoms with E-state index in [0.717, 1.165) is 24.3 Å². The van der Waals surface area contributed by atoms with Gasteiger partial charge in [-0.25, -0.2) is 0 Å². The predicted octanol–water partition coefficient (Wildman–Crippen LogP) is 3.07. The highest BCUT2D eigenvalue weighted by Crippen LogP contribution is 2.32. The van der Waals surface area contributed by atoms with Crippen LogP contribution in [0.3, 0.4) is 0 Å². The van der Waals surface area contributed by atoms with E-state index < -0.39 is 5.60 Å². The maximum atomic E-state index is 10.7. The van der Waals surface area contributed by atoms with Crippen LogP contribution in [0.15, 0.2) is 24.3 Å². The topological polar surface area (TPSA) is 41.5 Å². The van der Waals surface area contributed by atoms with E-state index in [1.54, 1.807) is 0 Å². The Hall–Kier alpha value is -1.06. The molecule has 1 atom stereocenters. The van der Waals surface area contributed by atoms with Crippen molar-refractivity contribution >= 4 is 0 Å². The Morgan fingerprint density at radius 2 is 2.00 bits per heavy atom. The molecule has 0 aliphatic rings. The van der Waals surface area contributed by atoms with Crippen molar-refractivity contribution in [1.29, 1.82) is 0 Å². The van der Waals surface area contributed by atoms with E-state index in [1.165, 1.54) is 0 Å². The van der Waals surface area contributed by atoms with Crippen LogP contribution in [0.5, 0.6) is 5.75 Å². The van der Waals surface area contributed by atoms with Gasteiger partial charge in [0.05, 0.1) is 12.2 Å². The molecule has 0 radical (unpaired) electrons. The summed E-state index contributed by atoms with van der Waals surface area (Å²) in [4.78, 5) is 0. The fourth-order valence-electron chi connectivity index (χ4n) is 1.99. The molecule has 0 saturated heterocycles. The predicted molar refractivity (Wildman–Crippen MR) is 79.6 cm³/mol. The van der Waals surface area contributed by atoms with Crippen molar-refractivity contribution in [1.82, 2.24) is 5.32 Å². The first kappa shape index (κ1) is 16.0. The molecule has 3 nitrogen and oxygen atoms in total. The van der Waals surface area contributed by atoms with Crippen LogP contribution in [-0.4, -0.2) is 24.3 Å². The van der Waals surface area contributed by atoms with Crippen LogP contribution in [0.2, 0.25) is 0 Å². The first-order valence-electron chi connectivity index (χ1n) is 7.15. The van der Waals surface area contributed by atoms with Gasteiger partial charge in [-0.1, -0.05) is 39.0 Å². The van der Waals surface area contributed by atoms with Crippen molar-refractivity contribution in [2.45, 2.75) is 52.2 Å². The van der Waals surface area contributed by atoms with E-state index in [9.17, 15) is 5.11 Å². The molecule has 0 bridgehead atoms. The Morgan fingerprint density at radius 1 is 1.32 bits per heavy atom. The van der Waals surface area contributed by atoms with Crippen LogP contribution >= 0.6 is 0 Å². The summed E-state index contributed by atoms with van der Waals surface area (Å²) >= 11 is 0. The number of para-hydroxylation sites is 1. The van der Waals surface area contributed by atoms with Crippen LogP contribution in [0.25, 0.3) is 0 Å². The van der Waals surface area contributed by atoms with Crippen LogP contribution in [0, 0.1) is 0 Å². The van der Waals surface area contributed by atoms with E-state index in [1.807, 2.05) is 31.2 Å². The number of rotatable bonds is 8. The lowest BCUT2D eigenvalue weighted by atomic mass is 9.91. The highest BCUT2D eigenvalue weighted by Gasteiger charge is 2.26. The monoisotopic (exact) mass is 265 g/mol. The summed E-state index contributed by atoms with van der Waals surface area (Å²) < 4.78 is 5.72. The van der Waals surface area contributed by atoms with Crippen LogP contribution in [0.4, 0.5) is 0 Å². The molecule has 1 aromatic carbocycles. The highest BCUT2D eigenvalue weighted by atomic mass is 16.5. The SMILES string of the molecule is CCCOc1ccccc1C(C)(O)CCNC(C)C. The Bertz CT molecular complexity index is 375. The normalized spacial score (nSPS) is 14.4. The second kappa shape index (κ2) is 7.51. The van der Waals surface area contributed by atoms with Crippen molar-refractivity contribution in [2.24, 2.45) is 0 Å². The minimum absolute atomic E-state index is 0.433. The summed E-state index contributed by atoms with van der Waals surface area (Å²) in [6.07, 6.45) is 1.63. The molecule has 1 aromatic rings. The summed E-state index contributed by atoms with van der Waals surface area (Å²) in [5.74, 6) is 0.791. The van der Waals surface area contributed by atoms with E-state index in [0.29, 0.717) is 19.1 Å². The van der Waals surface area contributed by atoms with Gasteiger partial charge in [-0.05, 0) is 32.4 Å². The lowest BCUT2D eigenvalue weighted by Gasteiger charge is -2.26. The zero-order valence-corrected chi connectivity index (χ0v) is 12.6. The fourth-order valence-corrected chi connectivity index (χ4v) is 1.99. The second-order valence-corrected chi connectivity index (χ2v) is 5.48. The molecule has 0 saturated carbocycles. The molecule has 0 amide bonds. The summed E-state index contributed by atoms with van der Waals surface area (Å²) in [7, 11) is 0. The number of benzene rings is 1. The first-order valence-corrected chi connectivity index (χ1v) is 7.15. The smallest absolute Gasteiger partial charge is 0.125 e. The van der Waals surface area contributed by atoms with Crippen LogP contribution in [-0.2, 0) is 5.60 Å². The van der Waals surface area contributed by atoms with Gasteiger partial charge >= 0.3 is 0 Å². The molecular weight excluding hydrogens is 238 g/mol. The van der Waals surface area contributed by atoms with Gasteiger partial charge in [0, 0.05) is 11.6 Å². The van der Waals surface area contributed by atoms with Gasteiger partial charge < -0.3 is 15.2 Å². The van der Waals surface area contributed by atoms with Crippen molar-refractivity contribution < 1.29 is 9.84 Å². The molecule has 0 spiro atoms. The molecule has 0 aliphatic carbocycles. The zero-order chi connectivity index (χ0) is 14.3. The van der Waals surface area contributed by atoms with Gasteiger partial charge in [0.15, 0.2) is 0 Å². The van der Waals surface area contributed by atoms with Crippen molar-refractivity contribution in [3.63, 3.8) is 0 Å². The van der Waals surface area contributed by atoms with Gasteiger partial charge in [0.25, 0.3) is 0 Å². The molecular formula is C16H27NO2. The molecule has 0 fully saturated rings. The number of hydrogen-bond donors (Lipinski definition) is 2. The largest absolute Gasteiger partial charge is 0.493 e. The molecule has 0 aromatic heterocycles. The second-order valence-electron chi connectivity index (χ2n) is 5.48. The average Bonchev–Trinajstić information content (AvgIpc) is 2.36. The molecule has 0 aliphatic heterocycles. The average molecular weight is 265 g/mol. The molecule has 108 valence electrons. The molecule has 2 N–H and O–H groups in total. The van der Waals surface area contributed by atoms with Gasteiger partial charge in [0.2, 0.25) is 0 Å². The maximum absolute atomic E-state index is 10.7. The standard InChI is InChI=1S/C16H27NO2/c1-5-12-19-15-9-7-6-8-14(15)16(4,18)10-11-17-13(2)3/h6-9,13,17-18H,5,10-12H2,1-4H3. The Kier molecular flexibility index (Phi) is 6.32. The molecule has 1 unspecified atom stereocenters. The van der Waals surface area contributed by atoms with Gasteiger partial charge in [-0.2, -0.15) is 0 Å². The number of aliphatic hydroxyl groups is 1. The minimum atomic E-state index is -0.869. The third kappa shape index (κ3) is 5.21. The minimum Gasteiger partial charge on any atom is -0.493 e. The van der Waals surface area contributed by atoms with Crippen molar-refractivity contribution in [2.75, 3.05) is 13.2 Å². The lowest BCUT2D eigenvalue weighted by Crippen LogP contribution is -2.31.